The molecule has 2 heterocycles. The molecule has 0 radical (unpaired) electrons. The summed E-state index contributed by atoms with van der Waals surface area (Å²) >= 11 is 3.44. The number of aromatic nitrogens is 1. The van der Waals surface area contributed by atoms with Gasteiger partial charge in [0, 0.05) is 40.5 Å². The van der Waals surface area contributed by atoms with E-state index in [9.17, 15) is 4.79 Å². The van der Waals surface area contributed by atoms with Crippen LogP contribution in [0.3, 0.4) is 0 Å². The predicted octanol–water partition coefficient (Wildman–Crippen LogP) is 4.89. The number of rotatable bonds is 6. The van der Waals surface area contributed by atoms with Crippen LogP contribution in [0.2, 0.25) is 0 Å². The smallest absolute Gasteiger partial charge is 0.196 e. The van der Waals surface area contributed by atoms with Gasteiger partial charge in [-0.15, -0.1) is 0 Å². The molecule has 0 atom stereocenters. The summed E-state index contributed by atoms with van der Waals surface area (Å²) in [5, 5.41) is 9.48. The van der Waals surface area contributed by atoms with Crippen LogP contribution < -0.4 is 10.2 Å². The van der Waals surface area contributed by atoms with Crippen LogP contribution in [0.5, 0.6) is 5.75 Å². The zero-order chi connectivity index (χ0) is 21.1. The molecule has 0 bridgehead atoms. The number of aryl methyl sites for hydroxylation is 1. The van der Waals surface area contributed by atoms with Gasteiger partial charge in [-0.25, -0.2) is 0 Å². The Morgan fingerprint density at radius 2 is 1.90 bits per heavy atom. The lowest BCUT2D eigenvalue weighted by molar-refractivity contribution is 0.201. The molecule has 0 fully saturated rings. The summed E-state index contributed by atoms with van der Waals surface area (Å²) in [5.41, 5.74) is 3.81. The first-order valence-electron chi connectivity index (χ1n) is 9.55. The fourth-order valence-electron chi connectivity index (χ4n) is 3.32. The number of hydrogen-bond acceptors (Lipinski definition) is 5. The molecule has 2 aromatic carbocycles. The molecule has 5 nitrogen and oxygen atoms in total. The van der Waals surface area contributed by atoms with E-state index in [1.165, 1.54) is 0 Å². The molecule has 0 spiro atoms. The molecule has 4 rings (SSSR count). The fourth-order valence-corrected chi connectivity index (χ4v) is 3.73. The quantitative estimate of drug-likeness (QED) is 0.438. The number of aliphatic hydroxyl groups is 1. The van der Waals surface area contributed by atoms with Crippen molar-refractivity contribution in [2.75, 3.05) is 13.2 Å². The average molecular weight is 466 g/mol. The summed E-state index contributed by atoms with van der Waals surface area (Å²) in [4.78, 5) is 17.6. The van der Waals surface area contributed by atoms with Crippen molar-refractivity contribution in [3.8, 4) is 17.1 Å². The van der Waals surface area contributed by atoms with E-state index in [2.05, 4.69) is 20.9 Å². The highest BCUT2D eigenvalue weighted by molar-refractivity contribution is 9.10. The van der Waals surface area contributed by atoms with Crippen LogP contribution in [-0.4, -0.2) is 23.3 Å². The van der Waals surface area contributed by atoms with E-state index in [1.807, 2.05) is 37.3 Å². The lowest BCUT2D eigenvalue weighted by Crippen LogP contribution is -2.12. The van der Waals surface area contributed by atoms with Crippen molar-refractivity contribution in [1.29, 1.82) is 0 Å². The number of fused-ring (bicyclic) bond motifs is 1. The molecular formula is C24H20BrNO4. The lowest BCUT2D eigenvalue weighted by atomic mass is 9.98. The van der Waals surface area contributed by atoms with Gasteiger partial charge >= 0.3 is 0 Å². The Morgan fingerprint density at radius 3 is 2.63 bits per heavy atom. The molecular weight excluding hydrogens is 446 g/mol. The molecule has 0 saturated carbocycles. The Hall–Kier alpha value is -2.96. The Kier molecular flexibility index (Phi) is 5.97. The zero-order valence-electron chi connectivity index (χ0n) is 16.4. The monoisotopic (exact) mass is 465 g/mol. The summed E-state index contributed by atoms with van der Waals surface area (Å²) in [7, 11) is 0. The van der Waals surface area contributed by atoms with Gasteiger partial charge in [0.2, 0.25) is 0 Å². The van der Waals surface area contributed by atoms with Gasteiger partial charge in [0.1, 0.15) is 23.7 Å². The van der Waals surface area contributed by atoms with Crippen LogP contribution in [0.4, 0.5) is 0 Å². The van der Waals surface area contributed by atoms with Crippen LogP contribution in [0.15, 0.2) is 74.6 Å². The molecule has 30 heavy (non-hydrogen) atoms. The van der Waals surface area contributed by atoms with Gasteiger partial charge in [-0.1, -0.05) is 29.8 Å². The Morgan fingerprint density at radius 1 is 1.10 bits per heavy atom. The topological polar surface area (TPSA) is 72.6 Å². The second-order valence-corrected chi connectivity index (χ2v) is 7.94. The summed E-state index contributed by atoms with van der Waals surface area (Å²) < 4.78 is 12.6. The number of benzene rings is 2. The van der Waals surface area contributed by atoms with Crippen LogP contribution in [-0.2, 0) is 6.42 Å². The second kappa shape index (κ2) is 8.81. The molecule has 0 aliphatic rings. The van der Waals surface area contributed by atoms with E-state index in [1.54, 1.807) is 30.6 Å². The molecule has 1 N–H and O–H groups in total. The number of halogens is 1. The van der Waals surface area contributed by atoms with Crippen LogP contribution in [0, 0.1) is 6.92 Å². The van der Waals surface area contributed by atoms with Gasteiger partial charge in [-0.05, 0) is 46.6 Å². The Labute approximate surface area is 182 Å². The molecule has 6 heteroatoms. The van der Waals surface area contributed by atoms with Crippen molar-refractivity contribution in [2.24, 2.45) is 0 Å². The van der Waals surface area contributed by atoms with Gasteiger partial charge in [0.15, 0.2) is 5.43 Å². The summed E-state index contributed by atoms with van der Waals surface area (Å²) in [6.45, 7) is 2.10. The highest BCUT2D eigenvalue weighted by atomic mass is 79.9. The van der Waals surface area contributed by atoms with Gasteiger partial charge in [-0.3, -0.25) is 9.78 Å². The van der Waals surface area contributed by atoms with Crippen molar-refractivity contribution in [3.63, 3.8) is 0 Å². The van der Waals surface area contributed by atoms with Crippen LogP contribution in [0.1, 0.15) is 16.7 Å². The Balaban J connectivity index is 1.90. The summed E-state index contributed by atoms with van der Waals surface area (Å²) in [6, 6.07) is 14.9. The van der Waals surface area contributed by atoms with Crippen molar-refractivity contribution in [3.05, 3.63) is 92.3 Å². The van der Waals surface area contributed by atoms with E-state index in [0.29, 0.717) is 34.5 Å². The number of pyridine rings is 1. The predicted molar refractivity (Wildman–Crippen MR) is 120 cm³/mol. The number of ether oxygens (including phenoxy) is 1. The average Bonchev–Trinajstić information content (AvgIpc) is 2.74. The van der Waals surface area contributed by atoms with E-state index < -0.39 is 0 Å². The van der Waals surface area contributed by atoms with E-state index in [4.69, 9.17) is 14.3 Å². The van der Waals surface area contributed by atoms with Crippen molar-refractivity contribution in [1.82, 2.24) is 4.98 Å². The zero-order valence-corrected chi connectivity index (χ0v) is 18.0. The highest BCUT2D eigenvalue weighted by Gasteiger charge is 2.17. The third kappa shape index (κ3) is 4.30. The molecule has 0 unspecified atom stereocenters. The maximum atomic E-state index is 13.4. The molecule has 2 aromatic heterocycles. The molecule has 152 valence electrons. The van der Waals surface area contributed by atoms with Crippen molar-refractivity contribution in [2.45, 2.75) is 13.3 Å². The third-order valence-corrected chi connectivity index (χ3v) is 5.21. The van der Waals surface area contributed by atoms with Gasteiger partial charge in [-0.2, -0.15) is 0 Å². The van der Waals surface area contributed by atoms with Crippen LogP contribution >= 0.6 is 15.9 Å². The van der Waals surface area contributed by atoms with E-state index >= 15 is 0 Å². The van der Waals surface area contributed by atoms with Gasteiger partial charge < -0.3 is 14.3 Å². The minimum Gasteiger partial charge on any atom is -0.491 e. The normalized spacial score (nSPS) is 11.0. The SMILES string of the molecule is Cc1ccc(-c2oc3cc(OCCO)ccc3c(=O)c2Cc2cncc(Br)c2)cc1. The summed E-state index contributed by atoms with van der Waals surface area (Å²) in [5.74, 6) is 1.07. The number of hydrogen-bond donors (Lipinski definition) is 1. The third-order valence-electron chi connectivity index (χ3n) is 4.77. The largest absolute Gasteiger partial charge is 0.491 e. The maximum absolute atomic E-state index is 13.4. The minimum atomic E-state index is -0.0871. The van der Waals surface area contributed by atoms with Crippen molar-refractivity contribution >= 4 is 26.9 Å². The highest BCUT2D eigenvalue weighted by Crippen LogP contribution is 2.30. The second-order valence-electron chi connectivity index (χ2n) is 7.02. The minimum absolute atomic E-state index is 0.0829. The van der Waals surface area contributed by atoms with Crippen molar-refractivity contribution < 1.29 is 14.3 Å². The van der Waals surface area contributed by atoms with E-state index in [0.717, 1.165) is 21.2 Å². The number of nitrogens with zero attached hydrogens (tertiary/aromatic N) is 1. The molecule has 4 aromatic rings. The lowest BCUT2D eigenvalue weighted by Gasteiger charge is -2.12. The molecule has 0 amide bonds. The van der Waals surface area contributed by atoms with Gasteiger partial charge in [0.25, 0.3) is 0 Å². The summed E-state index contributed by atoms with van der Waals surface area (Å²) in [6.07, 6.45) is 3.86. The van der Waals surface area contributed by atoms with Crippen LogP contribution in [0.25, 0.3) is 22.3 Å². The standard InChI is InChI=1S/C24H20BrNO4/c1-15-2-4-17(5-3-15)24-21(11-16-10-18(25)14-26-13-16)23(28)20-7-6-19(29-9-8-27)12-22(20)30-24/h2-7,10,12-14,27H,8-9,11H2,1H3. The number of aliphatic hydroxyl groups excluding tert-OH is 1. The first-order valence-corrected chi connectivity index (χ1v) is 10.3. The maximum Gasteiger partial charge on any atom is 0.196 e. The molecule has 0 aliphatic carbocycles. The molecule has 0 saturated heterocycles. The first kappa shape index (κ1) is 20.3. The fraction of sp³-hybridized carbons (Fsp3) is 0.167. The molecule has 0 aliphatic heterocycles. The Bertz CT molecular complexity index is 1250. The van der Waals surface area contributed by atoms with E-state index in [-0.39, 0.29) is 18.6 Å². The van der Waals surface area contributed by atoms with Gasteiger partial charge in [0.05, 0.1) is 12.0 Å². The first-order chi connectivity index (χ1) is 14.5.